The summed E-state index contributed by atoms with van der Waals surface area (Å²) in [5.74, 6) is 0. The molecule has 0 spiro atoms. The lowest BCUT2D eigenvalue weighted by molar-refractivity contribution is 0.107. The standard InChI is InChI=1S/C16H22N4S/c1-19-7-4-16(5-8-19)20(11-15-12-21-13-18-15)10-14-3-2-6-17-9-14/h2-3,6,9,12-13,16H,4-5,7-8,10-11H2,1H3. The maximum absolute atomic E-state index is 4.46. The summed E-state index contributed by atoms with van der Waals surface area (Å²) >= 11 is 1.68. The van der Waals surface area contributed by atoms with Crippen LogP contribution in [0.5, 0.6) is 0 Å². The zero-order valence-corrected chi connectivity index (χ0v) is 13.3. The average Bonchev–Trinajstić information content (AvgIpc) is 3.01. The Kier molecular flexibility index (Phi) is 4.95. The Balaban J connectivity index is 1.71. The Morgan fingerprint density at radius 2 is 2.19 bits per heavy atom. The summed E-state index contributed by atoms with van der Waals surface area (Å²) in [7, 11) is 2.21. The topological polar surface area (TPSA) is 32.3 Å². The molecule has 0 aliphatic carbocycles. The van der Waals surface area contributed by atoms with E-state index < -0.39 is 0 Å². The number of piperidine rings is 1. The van der Waals surface area contributed by atoms with Gasteiger partial charge in [0, 0.05) is 36.9 Å². The summed E-state index contributed by atoms with van der Waals surface area (Å²) in [5.41, 5.74) is 4.39. The Morgan fingerprint density at radius 3 is 2.86 bits per heavy atom. The van der Waals surface area contributed by atoms with E-state index >= 15 is 0 Å². The minimum absolute atomic E-state index is 0.642. The van der Waals surface area contributed by atoms with Crippen LogP contribution in [-0.2, 0) is 13.1 Å². The number of likely N-dealkylation sites (tertiary alicyclic amines) is 1. The smallest absolute Gasteiger partial charge is 0.0795 e. The predicted octanol–water partition coefficient (Wildman–Crippen LogP) is 2.63. The molecule has 0 unspecified atom stereocenters. The molecule has 112 valence electrons. The second-order valence-corrected chi connectivity index (χ2v) is 6.50. The van der Waals surface area contributed by atoms with Crippen molar-refractivity contribution in [3.05, 3.63) is 46.7 Å². The Labute approximate surface area is 130 Å². The van der Waals surface area contributed by atoms with Gasteiger partial charge in [-0.2, -0.15) is 0 Å². The minimum atomic E-state index is 0.642. The van der Waals surface area contributed by atoms with Crippen molar-refractivity contribution in [1.29, 1.82) is 0 Å². The highest BCUT2D eigenvalue weighted by Crippen LogP contribution is 2.20. The molecule has 4 nitrogen and oxygen atoms in total. The van der Waals surface area contributed by atoms with Crippen LogP contribution in [0.25, 0.3) is 0 Å². The van der Waals surface area contributed by atoms with Crippen LogP contribution in [0, 0.1) is 0 Å². The molecule has 3 rings (SSSR count). The summed E-state index contributed by atoms with van der Waals surface area (Å²) in [5, 5.41) is 2.16. The van der Waals surface area contributed by atoms with E-state index in [1.165, 1.54) is 37.2 Å². The van der Waals surface area contributed by atoms with E-state index in [9.17, 15) is 0 Å². The Hall–Kier alpha value is -1.30. The third kappa shape index (κ3) is 4.09. The van der Waals surface area contributed by atoms with Gasteiger partial charge in [0.1, 0.15) is 0 Å². The van der Waals surface area contributed by atoms with Gasteiger partial charge in [-0.05, 0) is 44.6 Å². The van der Waals surface area contributed by atoms with Crippen LogP contribution in [0.15, 0.2) is 35.4 Å². The van der Waals surface area contributed by atoms with Crippen molar-refractivity contribution in [3.8, 4) is 0 Å². The maximum Gasteiger partial charge on any atom is 0.0795 e. The summed E-state index contributed by atoms with van der Waals surface area (Å²) in [6.45, 7) is 4.27. The zero-order chi connectivity index (χ0) is 14.5. The van der Waals surface area contributed by atoms with Crippen LogP contribution in [0.1, 0.15) is 24.1 Å². The van der Waals surface area contributed by atoms with Crippen molar-refractivity contribution in [1.82, 2.24) is 19.8 Å². The monoisotopic (exact) mass is 302 g/mol. The first kappa shape index (κ1) is 14.6. The second-order valence-electron chi connectivity index (χ2n) is 5.78. The summed E-state index contributed by atoms with van der Waals surface area (Å²) in [4.78, 5) is 13.7. The molecule has 0 amide bonds. The summed E-state index contributed by atoms with van der Waals surface area (Å²) in [6, 6.07) is 4.82. The first-order chi connectivity index (χ1) is 10.3. The minimum Gasteiger partial charge on any atom is -0.306 e. The molecule has 1 aliphatic heterocycles. The van der Waals surface area contributed by atoms with E-state index in [0.717, 1.165) is 13.1 Å². The summed E-state index contributed by atoms with van der Waals surface area (Å²) < 4.78 is 0. The van der Waals surface area contributed by atoms with Crippen molar-refractivity contribution in [2.45, 2.75) is 32.0 Å². The molecule has 5 heteroatoms. The van der Waals surface area contributed by atoms with Gasteiger partial charge in [0.05, 0.1) is 11.2 Å². The van der Waals surface area contributed by atoms with E-state index in [1.807, 2.05) is 24.0 Å². The summed E-state index contributed by atoms with van der Waals surface area (Å²) in [6.07, 6.45) is 6.29. The molecule has 0 aromatic carbocycles. The fourth-order valence-electron chi connectivity index (χ4n) is 2.92. The normalized spacial score (nSPS) is 17.4. The van der Waals surface area contributed by atoms with E-state index in [2.05, 4.69) is 38.3 Å². The highest BCUT2D eigenvalue weighted by Gasteiger charge is 2.23. The molecular weight excluding hydrogens is 280 g/mol. The molecule has 1 aliphatic rings. The molecule has 1 fully saturated rings. The number of rotatable bonds is 5. The van der Waals surface area contributed by atoms with Crippen LogP contribution in [0.4, 0.5) is 0 Å². The number of hydrogen-bond acceptors (Lipinski definition) is 5. The third-order valence-electron chi connectivity index (χ3n) is 4.16. The number of thiazole rings is 1. The first-order valence-electron chi connectivity index (χ1n) is 7.50. The molecule has 1 saturated heterocycles. The molecular formula is C16H22N4S. The molecule has 0 radical (unpaired) electrons. The van der Waals surface area contributed by atoms with Gasteiger partial charge in [-0.15, -0.1) is 11.3 Å². The molecule has 0 N–H and O–H groups in total. The molecule has 3 heterocycles. The van der Waals surface area contributed by atoms with Gasteiger partial charge < -0.3 is 4.90 Å². The van der Waals surface area contributed by atoms with Crippen molar-refractivity contribution in [3.63, 3.8) is 0 Å². The van der Waals surface area contributed by atoms with E-state index in [1.54, 1.807) is 11.3 Å². The van der Waals surface area contributed by atoms with Gasteiger partial charge in [-0.1, -0.05) is 6.07 Å². The fraction of sp³-hybridized carbons (Fsp3) is 0.500. The van der Waals surface area contributed by atoms with Gasteiger partial charge in [0.15, 0.2) is 0 Å². The molecule has 2 aromatic rings. The lowest BCUT2D eigenvalue weighted by Gasteiger charge is -2.37. The number of pyridine rings is 1. The molecule has 0 atom stereocenters. The maximum atomic E-state index is 4.46. The quantitative estimate of drug-likeness (QED) is 0.850. The zero-order valence-electron chi connectivity index (χ0n) is 12.5. The van der Waals surface area contributed by atoms with Gasteiger partial charge >= 0.3 is 0 Å². The average molecular weight is 302 g/mol. The van der Waals surface area contributed by atoms with Gasteiger partial charge in [0.25, 0.3) is 0 Å². The van der Waals surface area contributed by atoms with Crippen LogP contribution >= 0.6 is 11.3 Å². The SMILES string of the molecule is CN1CCC(N(Cc2cccnc2)Cc2cscn2)CC1. The van der Waals surface area contributed by atoms with Crippen molar-refractivity contribution in [2.75, 3.05) is 20.1 Å². The van der Waals surface area contributed by atoms with Crippen molar-refractivity contribution >= 4 is 11.3 Å². The Morgan fingerprint density at radius 1 is 1.33 bits per heavy atom. The fourth-order valence-corrected chi connectivity index (χ4v) is 3.47. The molecule has 2 aromatic heterocycles. The highest BCUT2D eigenvalue weighted by molar-refractivity contribution is 7.07. The van der Waals surface area contributed by atoms with Crippen molar-refractivity contribution in [2.24, 2.45) is 0 Å². The third-order valence-corrected chi connectivity index (χ3v) is 4.80. The number of aromatic nitrogens is 2. The second kappa shape index (κ2) is 7.11. The molecule has 21 heavy (non-hydrogen) atoms. The lowest BCUT2D eigenvalue weighted by atomic mass is 10.0. The molecule has 0 bridgehead atoms. The van der Waals surface area contributed by atoms with Crippen molar-refractivity contribution < 1.29 is 0 Å². The lowest BCUT2D eigenvalue weighted by Crippen LogP contribution is -2.43. The van der Waals surface area contributed by atoms with Gasteiger partial charge in [0.2, 0.25) is 0 Å². The number of nitrogens with zero attached hydrogens (tertiary/aromatic N) is 4. The van der Waals surface area contributed by atoms with Crippen LogP contribution in [-0.4, -0.2) is 45.9 Å². The van der Waals surface area contributed by atoms with Gasteiger partial charge in [-0.3, -0.25) is 9.88 Å². The van der Waals surface area contributed by atoms with E-state index in [-0.39, 0.29) is 0 Å². The predicted molar refractivity (Wildman–Crippen MR) is 86.1 cm³/mol. The van der Waals surface area contributed by atoms with Crippen LogP contribution in [0.3, 0.4) is 0 Å². The Bertz CT molecular complexity index is 520. The van der Waals surface area contributed by atoms with E-state index in [0.29, 0.717) is 6.04 Å². The molecule has 0 saturated carbocycles. The van der Waals surface area contributed by atoms with Crippen LogP contribution in [0.2, 0.25) is 0 Å². The largest absolute Gasteiger partial charge is 0.306 e. The number of hydrogen-bond donors (Lipinski definition) is 0. The van der Waals surface area contributed by atoms with Gasteiger partial charge in [-0.25, -0.2) is 4.98 Å². The van der Waals surface area contributed by atoms with E-state index in [4.69, 9.17) is 0 Å². The van der Waals surface area contributed by atoms with Crippen LogP contribution < -0.4 is 0 Å². The first-order valence-corrected chi connectivity index (χ1v) is 8.44. The highest BCUT2D eigenvalue weighted by atomic mass is 32.1.